The number of halogens is 1. The van der Waals surface area contributed by atoms with Crippen molar-refractivity contribution < 1.29 is 4.52 Å². The molecule has 56 valence electrons. The van der Waals surface area contributed by atoms with Crippen molar-refractivity contribution in [1.82, 2.24) is 5.16 Å². The first-order valence-corrected chi connectivity index (χ1v) is 3.76. The summed E-state index contributed by atoms with van der Waals surface area (Å²) >= 11 is 5.78. The van der Waals surface area contributed by atoms with Gasteiger partial charge in [0.2, 0.25) is 5.69 Å². The Hall–Kier alpha value is -1.01. The van der Waals surface area contributed by atoms with Gasteiger partial charge in [-0.05, 0) is 12.8 Å². The molecule has 0 bridgehead atoms. The molecule has 1 aromatic rings. The highest BCUT2D eigenvalue weighted by Gasteiger charge is 2.31. The average Bonchev–Trinajstić information content (AvgIpc) is 2.77. The maximum Gasteiger partial charge on any atom is 0.202 e. The third-order valence-corrected chi connectivity index (χ3v) is 2.08. The van der Waals surface area contributed by atoms with Crippen molar-refractivity contribution in [2.75, 3.05) is 0 Å². The summed E-state index contributed by atoms with van der Waals surface area (Å²) in [5, 5.41) is 12.4. The molecule has 0 atom stereocenters. The minimum atomic E-state index is 0.202. The van der Waals surface area contributed by atoms with Crippen LogP contribution in [0.3, 0.4) is 0 Å². The summed E-state index contributed by atoms with van der Waals surface area (Å²) in [6.07, 6.45) is 2.19. The Labute approximate surface area is 68.5 Å². The van der Waals surface area contributed by atoms with Gasteiger partial charge in [-0.3, -0.25) is 0 Å². The van der Waals surface area contributed by atoms with E-state index in [-0.39, 0.29) is 5.69 Å². The van der Waals surface area contributed by atoms with E-state index in [0.717, 1.165) is 12.8 Å². The van der Waals surface area contributed by atoms with Crippen LogP contribution in [0.5, 0.6) is 0 Å². The van der Waals surface area contributed by atoms with E-state index in [0.29, 0.717) is 16.7 Å². The zero-order valence-electron chi connectivity index (χ0n) is 5.67. The smallest absolute Gasteiger partial charge is 0.202 e. The van der Waals surface area contributed by atoms with Crippen molar-refractivity contribution in [3.63, 3.8) is 0 Å². The molecule has 2 rings (SSSR count). The molecule has 1 saturated carbocycles. The van der Waals surface area contributed by atoms with Crippen molar-refractivity contribution in [3.8, 4) is 6.07 Å². The number of nitriles is 1. The molecule has 1 aromatic heterocycles. The highest BCUT2D eigenvalue weighted by molar-refractivity contribution is 6.32. The first-order valence-electron chi connectivity index (χ1n) is 3.38. The maximum atomic E-state index is 8.48. The van der Waals surface area contributed by atoms with Crippen LogP contribution >= 0.6 is 11.6 Å². The largest absolute Gasteiger partial charge is 0.358 e. The van der Waals surface area contributed by atoms with Crippen LogP contribution in [0.25, 0.3) is 0 Å². The third-order valence-electron chi connectivity index (χ3n) is 1.71. The zero-order chi connectivity index (χ0) is 7.84. The Balaban J connectivity index is 2.42. The lowest BCUT2D eigenvalue weighted by Gasteiger charge is -1.85. The predicted octanol–water partition coefficient (Wildman–Crippen LogP) is 2.08. The van der Waals surface area contributed by atoms with Crippen LogP contribution in [-0.4, -0.2) is 5.16 Å². The maximum absolute atomic E-state index is 8.48. The Morgan fingerprint density at radius 1 is 1.64 bits per heavy atom. The van der Waals surface area contributed by atoms with E-state index in [1.54, 1.807) is 0 Å². The summed E-state index contributed by atoms with van der Waals surface area (Å²) in [6, 6.07) is 1.86. The normalized spacial score (nSPS) is 16.4. The van der Waals surface area contributed by atoms with Gasteiger partial charge in [0.1, 0.15) is 11.1 Å². The molecular weight excluding hydrogens is 164 g/mol. The lowest BCUT2D eigenvalue weighted by molar-refractivity contribution is 0.383. The first-order chi connectivity index (χ1) is 5.33. The van der Waals surface area contributed by atoms with Crippen molar-refractivity contribution in [3.05, 3.63) is 16.5 Å². The molecule has 0 radical (unpaired) electrons. The lowest BCUT2D eigenvalue weighted by Crippen LogP contribution is -1.74. The van der Waals surface area contributed by atoms with Crippen LogP contribution in [0.15, 0.2) is 4.52 Å². The average molecular weight is 169 g/mol. The monoisotopic (exact) mass is 168 g/mol. The fourth-order valence-electron chi connectivity index (χ4n) is 0.960. The third kappa shape index (κ3) is 0.997. The lowest BCUT2D eigenvalue weighted by atomic mass is 10.3. The van der Waals surface area contributed by atoms with Gasteiger partial charge in [-0.25, -0.2) is 0 Å². The molecule has 1 fully saturated rings. The second-order valence-electron chi connectivity index (χ2n) is 2.60. The van der Waals surface area contributed by atoms with Gasteiger partial charge in [0.05, 0.1) is 0 Å². The van der Waals surface area contributed by atoms with Crippen LogP contribution in [0.2, 0.25) is 5.02 Å². The Kier molecular flexibility index (Phi) is 1.36. The summed E-state index contributed by atoms with van der Waals surface area (Å²) in [7, 11) is 0. The van der Waals surface area contributed by atoms with E-state index >= 15 is 0 Å². The summed E-state index contributed by atoms with van der Waals surface area (Å²) in [6.45, 7) is 0. The number of rotatable bonds is 1. The van der Waals surface area contributed by atoms with Crippen molar-refractivity contribution in [2.45, 2.75) is 18.8 Å². The molecule has 0 aromatic carbocycles. The topological polar surface area (TPSA) is 49.8 Å². The van der Waals surface area contributed by atoms with Gasteiger partial charge < -0.3 is 4.52 Å². The van der Waals surface area contributed by atoms with Crippen LogP contribution in [0.1, 0.15) is 30.2 Å². The summed E-state index contributed by atoms with van der Waals surface area (Å²) in [5.41, 5.74) is 0.202. The number of aromatic nitrogens is 1. The second kappa shape index (κ2) is 2.24. The molecule has 4 heteroatoms. The van der Waals surface area contributed by atoms with Gasteiger partial charge in [0.15, 0.2) is 5.76 Å². The molecule has 1 heterocycles. The highest BCUT2D eigenvalue weighted by atomic mass is 35.5. The molecule has 1 aliphatic rings. The Morgan fingerprint density at radius 3 is 2.82 bits per heavy atom. The van der Waals surface area contributed by atoms with Gasteiger partial charge in [0.25, 0.3) is 0 Å². The molecule has 0 unspecified atom stereocenters. The standard InChI is InChI=1S/C7H5ClN2O/c8-6-5(3-9)10-11-7(6)4-1-2-4/h4H,1-2H2. The van der Waals surface area contributed by atoms with Crippen molar-refractivity contribution in [2.24, 2.45) is 0 Å². The molecule has 0 saturated heterocycles. The van der Waals surface area contributed by atoms with Gasteiger partial charge in [0, 0.05) is 5.92 Å². The minimum Gasteiger partial charge on any atom is -0.358 e. The van der Waals surface area contributed by atoms with Crippen LogP contribution in [-0.2, 0) is 0 Å². The van der Waals surface area contributed by atoms with Gasteiger partial charge in [-0.2, -0.15) is 5.26 Å². The van der Waals surface area contributed by atoms with Crippen LogP contribution < -0.4 is 0 Å². The van der Waals surface area contributed by atoms with Crippen LogP contribution in [0.4, 0.5) is 0 Å². The predicted molar refractivity (Wildman–Crippen MR) is 38.2 cm³/mol. The van der Waals surface area contributed by atoms with Gasteiger partial charge >= 0.3 is 0 Å². The van der Waals surface area contributed by atoms with Crippen LogP contribution in [0, 0.1) is 11.3 Å². The minimum absolute atomic E-state index is 0.202. The fraction of sp³-hybridized carbons (Fsp3) is 0.429. The molecule has 3 nitrogen and oxygen atoms in total. The van der Waals surface area contributed by atoms with E-state index in [4.69, 9.17) is 21.4 Å². The number of hydrogen-bond donors (Lipinski definition) is 0. The molecule has 0 amide bonds. The number of hydrogen-bond acceptors (Lipinski definition) is 3. The molecule has 0 aliphatic heterocycles. The van der Waals surface area contributed by atoms with E-state index in [1.807, 2.05) is 6.07 Å². The summed E-state index contributed by atoms with van der Waals surface area (Å²) in [5.74, 6) is 1.10. The molecule has 1 aliphatic carbocycles. The van der Waals surface area contributed by atoms with E-state index < -0.39 is 0 Å². The van der Waals surface area contributed by atoms with E-state index in [2.05, 4.69) is 5.16 Å². The van der Waals surface area contributed by atoms with Gasteiger partial charge in [-0.15, -0.1) is 0 Å². The fourth-order valence-corrected chi connectivity index (χ4v) is 1.23. The molecular formula is C7H5ClN2O. The zero-order valence-corrected chi connectivity index (χ0v) is 6.43. The number of nitrogens with zero attached hydrogens (tertiary/aromatic N) is 2. The molecule has 0 N–H and O–H groups in total. The van der Waals surface area contributed by atoms with E-state index in [9.17, 15) is 0 Å². The Bertz CT molecular complexity index is 322. The summed E-state index contributed by atoms with van der Waals surface area (Å²) in [4.78, 5) is 0. The quantitative estimate of drug-likeness (QED) is 0.645. The van der Waals surface area contributed by atoms with Crippen molar-refractivity contribution >= 4 is 11.6 Å². The molecule has 0 spiro atoms. The van der Waals surface area contributed by atoms with Gasteiger partial charge in [-0.1, -0.05) is 16.8 Å². The van der Waals surface area contributed by atoms with E-state index in [1.165, 1.54) is 0 Å². The first kappa shape index (κ1) is 6.68. The van der Waals surface area contributed by atoms with Crippen molar-refractivity contribution in [1.29, 1.82) is 5.26 Å². The highest BCUT2D eigenvalue weighted by Crippen LogP contribution is 2.43. The second-order valence-corrected chi connectivity index (χ2v) is 2.97. The molecule has 11 heavy (non-hydrogen) atoms. The Morgan fingerprint density at radius 2 is 2.36 bits per heavy atom. The SMILES string of the molecule is N#Cc1noc(C2CC2)c1Cl. The summed E-state index contributed by atoms with van der Waals surface area (Å²) < 4.78 is 4.91.